The average molecular weight is 345 g/mol. The van der Waals surface area contributed by atoms with Gasteiger partial charge in [0.15, 0.2) is 11.0 Å². The molecule has 24 heavy (non-hydrogen) atoms. The van der Waals surface area contributed by atoms with E-state index in [1.165, 1.54) is 4.57 Å². The highest BCUT2D eigenvalue weighted by Gasteiger charge is 2.13. The van der Waals surface area contributed by atoms with Crippen LogP contribution >= 0.6 is 11.8 Å². The number of amides is 1. The van der Waals surface area contributed by atoms with E-state index >= 15 is 0 Å². The van der Waals surface area contributed by atoms with Gasteiger partial charge in [0.1, 0.15) is 0 Å². The van der Waals surface area contributed by atoms with Gasteiger partial charge in [0, 0.05) is 7.05 Å². The Bertz CT molecular complexity index is 979. The number of carbonyl (C=O) groups excluding carboxylic acids is 1. The molecular weight excluding hydrogens is 330 g/mol. The fourth-order valence-corrected chi connectivity index (χ4v) is 2.90. The third-order valence-corrected chi connectivity index (χ3v) is 4.33. The molecule has 1 amide bonds. The van der Waals surface area contributed by atoms with Crippen LogP contribution in [-0.4, -0.2) is 31.4 Å². The van der Waals surface area contributed by atoms with Gasteiger partial charge in [0.2, 0.25) is 5.91 Å². The highest BCUT2D eigenvalue weighted by atomic mass is 32.2. The molecule has 0 aliphatic carbocycles. The number of aromatic nitrogens is 4. The Morgan fingerprint density at radius 3 is 2.83 bits per heavy atom. The summed E-state index contributed by atoms with van der Waals surface area (Å²) in [6, 6.07) is 5.56. The zero-order chi connectivity index (χ0) is 17.3. The summed E-state index contributed by atoms with van der Waals surface area (Å²) >= 11 is 1.16. The minimum Gasteiger partial charge on any atom is -0.315 e. The van der Waals surface area contributed by atoms with Crippen LogP contribution in [0.4, 0.5) is 6.01 Å². The maximum atomic E-state index is 12.4. The summed E-state index contributed by atoms with van der Waals surface area (Å²) < 4.78 is 6.27. The van der Waals surface area contributed by atoms with Gasteiger partial charge < -0.3 is 4.52 Å². The molecule has 0 bridgehead atoms. The first-order valence-electron chi connectivity index (χ1n) is 7.14. The molecule has 0 saturated carbocycles. The fourth-order valence-electron chi connectivity index (χ4n) is 2.13. The minimum atomic E-state index is -0.318. The second-order valence-corrected chi connectivity index (χ2v) is 6.21. The molecule has 0 spiro atoms. The van der Waals surface area contributed by atoms with Gasteiger partial charge in [-0.1, -0.05) is 28.5 Å². The molecule has 1 aromatic carbocycles. The lowest BCUT2D eigenvalue weighted by Gasteiger charge is -2.08. The van der Waals surface area contributed by atoms with Crippen molar-refractivity contribution >= 4 is 34.6 Å². The summed E-state index contributed by atoms with van der Waals surface area (Å²) in [4.78, 5) is 32.7. The summed E-state index contributed by atoms with van der Waals surface area (Å²) in [6.45, 7) is 3.58. The van der Waals surface area contributed by atoms with Crippen LogP contribution in [-0.2, 0) is 11.8 Å². The summed E-state index contributed by atoms with van der Waals surface area (Å²) in [5.74, 6) is 0.188. The zero-order valence-electron chi connectivity index (χ0n) is 13.4. The van der Waals surface area contributed by atoms with Gasteiger partial charge in [-0.15, -0.1) is 0 Å². The number of rotatable bonds is 4. The van der Waals surface area contributed by atoms with Crippen LogP contribution < -0.4 is 10.9 Å². The largest absolute Gasteiger partial charge is 0.328 e. The Kier molecular flexibility index (Phi) is 4.34. The minimum absolute atomic E-state index is 0.0499. The third kappa shape index (κ3) is 3.30. The standard InChI is InChI=1S/C15H15N5O3S/c1-8-4-5-11-10(6-8)13(22)20(3)15(17-11)24-7-12(21)18-14-16-9(2)19-23-14/h4-6H,7H2,1-3H3,(H,16,18,19,21). The first-order valence-corrected chi connectivity index (χ1v) is 8.13. The lowest BCUT2D eigenvalue weighted by Crippen LogP contribution is -2.21. The number of hydrogen-bond donors (Lipinski definition) is 1. The highest BCUT2D eigenvalue weighted by molar-refractivity contribution is 7.99. The van der Waals surface area contributed by atoms with Crippen molar-refractivity contribution in [3.8, 4) is 0 Å². The Morgan fingerprint density at radius 2 is 2.12 bits per heavy atom. The molecule has 0 atom stereocenters. The van der Waals surface area contributed by atoms with Crippen LogP contribution in [0.15, 0.2) is 32.7 Å². The molecular formula is C15H15N5O3S. The van der Waals surface area contributed by atoms with E-state index in [2.05, 4.69) is 20.4 Å². The number of carbonyl (C=O) groups is 1. The molecule has 0 fully saturated rings. The number of aryl methyl sites for hydroxylation is 2. The maximum Gasteiger partial charge on any atom is 0.328 e. The van der Waals surface area contributed by atoms with E-state index < -0.39 is 0 Å². The third-order valence-electron chi connectivity index (χ3n) is 3.30. The average Bonchev–Trinajstić information content (AvgIpc) is 2.95. The molecule has 3 aromatic rings. The van der Waals surface area contributed by atoms with Crippen LogP contribution in [0.3, 0.4) is 0 Å². The molecule has 0 unspecified atom stereocenters. The molecule has 2 aromatic heterocycles. The number of nitrogens with zero attached hydrogens (tertiary/aromatic N) is 4. The van der Waals surface area contributed by atoms with Gasteiger partial charge in [0.05, 0.1) is 16.7 Å². The van der Waals surface area contributed by atoms with Crippen LogP contribution in [0.5, 0.6) is 0 Å². The van der Waals surface area contributed by atoms with E-state index in [0.717, 1.165) is 17.3 Å². The van der Waals surface area contributed by atoms with Gasteiger partial charge in [-0.2, -0.15) is 4.98 Å². The van der Waals surface area contributed by atoms with E-state index in [1.807, 2.05) is 19.1 Å². The topological polar surface area (TPSA) is 103 Å². The van der Waals surface area contributed by atoms with Gasteiger partial charge in [-0.3, -0.25) is 19.5 Å². The lowest BCUT2D eigenvalue weighted by molar-refractivity contribution is -0.114. The molecule has 0 aliphatic heterocycles. The van der Waals surface area contributed by atoms with E-state index in [0.29, 0.717) is 21.9 Å². The Balaban J connectivity index is 1.77. The van der Waals surface area contributed by atoms with Crippen molar-refractivity contribution in [1.29, 1.82) is 0 Å². The van der Waals surface area contributed by atoms with E-state index in [-0.39, 0.29) is 23.2 Å². The van der Waals surface area contributed by atoms with Crippen molar-refractivity contribution in [3.63, 3.8) is 0 Å². The van der Waals surface area contributed by atoms with E-state index in [4.69, 9.17) is 4.52 Å². The zero-order valence-corrected chi connectivity index (χ0v) is 14.2. The van der Waals surface area contributed by atoms with Crippen LogP contribution in [0.2, 0.25) is 0 Å². The molecule has 0 radical (unpaired) electrons. The molecule has 9 heteroatoms. The first kappa shape index (κ1) is 16.2. The Morgan fingerprint density at radius 1 is 1.33 bits per heavy atom. The second-order valence-electron chi connectivity index (χ2n) is 5.26. The summed E-state index contributed by atoms with van der Waals surface area (Å²) in [7, 11) is 1.64. The van der Waals surface area contributed by atoms with Crippen molar-refractivity contribution < 1.29 is 9.32 Å². The van der Waals surface area contributed by atoms with Gasteiger partial charge in [0.25, 0.3) is 5.56 Å². The quantitative estimate of drug-likeness (QED) is 0.566. The predicted octanol–water partition coefficient (Wildman–Crippen LogP) is 1.66. The van der Waals surface area contributed by atoms with Crippen molar-refractivity contribution in [2.75, 3.05) is 11.1 Å². The smallest absolute Gasteiger partial charge is 0.315 e. The molecule has 2 heterocycles. The monoisotopic (exact) mass is 345 g/mol. The van der Waals surface area contributed by atoms with Gasteiger partial charge in [-0.05, 0) is 26.0 Å². The first-order chi connectivity index (χ1) is 11.4. The molecule has 0 aliphatic rings. The molecule has 8 nitrogen and oxygen atoms in total. The molecule has 124 valence electrons. The van der Waals surface area contributed by atoms with E-state index in [1.54, 1.807) is 20.0 Å². The summed E-state index contributed by atoms with van der Waals surface area (Å²) in [6.07, 6.45) is 0. The van der Waals surface area contributed by atoms with Gasteiger partial charge in [-0.25, -0.2) is 4.98 Å². The lowest BCUT2D eigenvalue weighted by atomic mass is 10.2. The summed E-state index contributed by atoms with van der Waals surface area (Å²) in [5, 5.41) is 7.11. The normalized spacial score (nSPS) is 11.0. The highest BCUT2D eigenvalue weighted by Crippen LogP contribution is 2.18. The Labute approximate surface area is 141 Å². The van der Waals surface area contributed by atoms with Crippen LogP contribution in [0, 0.1) is 13.8 Å². The van der Waals surface area contributed by atoms with Crippen molar-refractivity contribution in [1.82, 2.24) is 19.7 Å². The van der Waals surface area contributed by atoms with Crippen molar-refractivity contribution in [2.45, 2.75) is 19.0 Å². The molecule has 1 N–H and O–H groups in total. The predicted molar refractivity (Wildman–Crippen MR) is 90.1 cm³/mol. The van der Waals surface area contributed by atoms with Crippen LogP contribution in [0.25, 0.3) is 10.9 Å². The van der Waals surface area contributed by atoms with Crippen molar-refractivity contribution in [2.24, 2.45) is 7.05 Å². The van der Waals surface area contributed by atoms with E-state index in [9.17, 15) is 9.59 Å². The molecule has 3 rings (SSSR count). The maximum absolute atomic E-state index is 12.4. The van der Waals surface area contributed by atoms with Crippen molar-refractivity contribution in [3.05, 3.63) is 39.9 Å². The van der Waals surface area contributed by atoms with Crippen LogP contribution in [0.1, 0.15) is 11.4 Å². The fraction of sp³-hybridized carbons (Fsp3) is 0.267. The number of fused-ring (bicyclic) bond motifs is 1. The second kappa shape index (κ2) is 6.44. The number of nitrogens with one attached hydrogen (secondary N) is 1. The number of thioether (sulfide) groups is 1. The van der Waals surface area contributed by atoms with Gasteiger partial charge >= 0.3 is 6.01 Å². The molecule has 0 saturated heterocycles. The summed E-state index contributed by atoms with van der Waals surface area (Å²) in [5.41, 5.74) is 1.47. The Hall–Kier alpha value is -2.68. The number of benzene rings is 1. The number of hydrogen-bond acceptors (Lipinski definition) is 7. The SMILES string of the molecule is Cc1ccc2nc(SCC(=O)Nc3nc(C)no3)n(C)c(=O)c2c1. The number of anilines is 1.